The third kappa shape index (κ3) is 6.28. The lowest BCUT2D eigenvalue weighted by atomic mass is 10.0. The molecule has 0 bridgehead atoms. The van der Waals surface area contributed by atoms with Gasteiger partial charge in [0.25, 0.3) is 5.91 Å². The third-order valence-corrected chi connectivity index (χ3v) is 6.96. The van der Waals surface area contributed by atoms with Gasteiger partial charge < -0.3 is 20.1 Å². The molecule has 2 amide bonds. The number of fused-ring (bicyclic) bond motifs is 1. The summed E-state index contributed by atoms with van der Waals surface area (Å²) in [5.74, 6) is -2.44. The minimum atomic E-state index is -0.919. The predicted octanol–water partition coefficient (Wildman–Crippen LogP) is 4.17. The highest BCUT2D eigenvalue weighted by Crippen LogP contribution is 2.32. The van der Waals surface area contributed by atoms with Gasteiger partial charge in [-0.2, -0.15) is 0 Å². The van der Waals surface area contributed by atoms with Crippen LogP contribution < -0.4 is 10.6 Å². The van der Waals surface area contributed by atoms with Crippen LogP contribution in [0.15, 0.2) is 42.5 Å². The molecule has 0 saturated heterocycles. The lowest BCUT2D eigenvalue weighted by molar-refractivity contribution is -0.151. The molecule has 2 N–H and O–H groups in total. The van der Waals surface area contributed by atoms with Crippen molar-refractivity contribution in [3.05, 3.63) is 64.0 Å². The molecule has 1 atom stereocenters. The van der Waals surface area contributed by atoms with E-state index in [1.807, 2.05) is 49.4 Å². The molecule has 0 fully saturated rings. The van der Waals surface area contributed by atoms with Gasteiger partial charge in [-0.1, -0.05) is 56.3 Å². The Labute approximate surface area is 214 Å². The van der Waals surface area contributed by atoms with Crippen molar-refractivity contribution < 1.29 is 28.7 Å². The predicted molar refractivity (Wildman–Crippen MR) is 139 cm³/mol. The largest absolute Gasteiger partial charge is 0.465 e. The molecule has 0 radical (unpaired) electrons. The molecular formula is C27H30N2O6S. The average Bonchev–Trinajstić information content (AvgIpc) is 3.13. The second-order valence-corrected chi connectivity index (χ2v) is 9.96. The Morgan fingerprint density at radius 2 is 1.67 bits per heavy atom. The number of rotatable bonds is 9. The van der Waals surface area contributed by atoms with Crippen molar-refractivity contribution in [2.24, 2.45) is 5.92 Å². The van der Waals surface area contributed by atoms with E-state index in [0.29, 0.717) is 10.6 Å². The number of carbonyl (C=O) groups is 4. The first-order chi connectivity index (χ1) is 17.1. The van der Waals surface area contributed by atoms with E-state index in [2.05, 4.69) is 10.6 Å². The summed E-state index contributed by atoms with van der Waals surface area (Å²) in [6, 6.07) is 12.6. The van der Waals surface area contributed by atoms with Crippen molar-refractivity contribution in [3.63, 3.8) is 0 Å². The van der Waals surface area contributed by atoms with Crippen LogP contribution in [0.25, 0.3) is 10.8 Å². The number of hydrogen-bond donors (Lipinski definition) is 2. The molecule has 0 aliphatic heterocycles. The number of thiophene rings is 1. The number of nitrogens with one attached hydrogen (secondary N) is 2. The molecule has 0 aliphatic rings. The van der Waals surface area contributed by atoms with Gasteiger partial charge in [0, 0.05) is 4.88 Å². The Kier molecular flexibility index (Phi) is 8.82. The minimum Gasteiger partial charge on any atom is -0.465 e. The summed E-state index contributed by atoms with van der Waals surface area (Å²) in [5, 5.41) is 7.69. The van der Waals surface area contributed by atoms with E-state index >= 15 is 0 Å². The van der Waals surface area contributed by atoms with Crippen LogP contribution in [0.1, 0.15) is 40.2 Å². The molecule has 9 heteroatoms. The maximum Gasteiger partial charge on any atom is 0.341 e. The number of aryl methyl sites for hydroxylation is 1. The van der Waals surface area contributed by atoms with Crippen LogP contribution >= 0.6 is 11.3 Å². The van der Waals surface area contributed by atoms with E-state index in [1.165, 1.54) is 18.4 Å². The summed E-state index contributed by atoms with van der Waals surface area (Å²) >= 11 is 1.24. The van der Waals surface area contributed by atoms with Gasteiger partial charge in [0.05, 0.1) is 19.1 Å². The zero-order valence-electron chi connectivity index (χ0n) is 21.0. The Morgan fingerprint density at radius 1 is 0.972 bits per heavy atom. The van der Waals surface area contributed by atoms with Gasteiger partial charge in [-0.15, -0.1) is 11.3 Å². The summed E-state index contributed by atoms with van der Waals surface area (Å²) in [4.78, 5) is 50.9. The summed E-state index contributed by atoms with van der Waals surface area (Å²) in [6.45, 7) is 6.60. The first-order valence-electron chi connectivity index (χ1n) is 11.5. The molecule has 36 heavy (non-hydrogen) atoms. The van der Waals surface area contributed by atoms with E-state index in [0.717, 1.165) is 21.2 Å². The molecule has 190 valence electrons. The first kappa shape index (κ1) is 26.9. The lowest BCUT2D eigenvalue weighted by Gasteiger charge is -2.21. The molecule has 1 unspecified atom stereocenters. The number of amides is 2. The van der Waals surface area contributed by atoms with Crippen LogP contribution in [-0.2, 0) is 30.3 Å². The Morgan fingerprint density at radius 3 is 2.36 bits per heavy atom. The van der Waals surface area contributed by atoms with Crippen LogP contribution in [0, 0.1) is 19.8 Å². The molecular weight excluding hydrogens is 480 g/mol. The molecule has 0 spiro atoms. The second-order valence-electron chi connectivity index (χ2n) is 8.74. The van der Waals surface area contributed by atoms with Crippen LogP contribution in [-0.4, -0.2) is 43.5 Å². The van der Waals surface area contributed by atoms with E-state index in [1.54, 1.807) is 20.8 Å². The highest BCUT2D eigenvalue weighted by Gasteiger charge is 2.27. The Hall–Kier alpha value is -3.72. The van der Waals surface area contributed by atoms with Gasteiger partial charge in [-0.25, -0.2) is 9.59 Å². The molecule has 3 aromatic rings. The highest BCUT2D eigenvalue weighted by molar-refractivity contribution is 7.16. The van der Waals surface area contributed by atoms with Crippen LogP contribution in [0.4, 0.5) is 5.00 Å². The summed E-state index contributed by atoms with van der Waals surface area (Å²) in [7, 11) is 1.27. The summed E-state index contributed by atoms with van der Waals surface area (Å²) < 4.78 is 10.0. The number of methoxy groups -OCH3 is 1. The van der Waals surface area contributed by atoms with Crippen molar-refractivity contribution in [2.75, 3.05) is 19.0 Å². The smallest absolute Gasteiger partial charge is 0.341 e. The van der Waals surface area contributed by atoms with Crippen LogP contribution in [0.5, 0.6) is 0 Å². The van der Waals surface area contributed by atoms with Gasteiger partial charge in [0.2, 0.25) is 5.91 Å². The first-order valence-corrected chi connectivity index (χ1v) is 12.3. The maximum atomic E-state index is 12.8. The van der Waals surface area contributed by atoms with Gasteiger partial charge in [-0.05, 0) is 41.7 Å². The minimum absolute atomic E-state index is 0.103. The van der Waals surface area contributed by atoms with Crippen LogP contribution in [0.2, 0.25) is 0 Å². The molecule has 3 rings (SSSR count). The zero-order valence-corrected chi connectivity index (χ0v) is 21.8. The lowest BCUT2D eigenvalue weighted by Crippen LogP contribution is -2.46. The van der Waals surface area contributed by atoms with Crippen molar-refractivity contribution in [1.82, 2.24) is 5.32 Å². The monoisotopic (exact) mass is 510 g/mol. The Balaban J connectivity index is 1.61. The van der Waals surface area contributed by atoms with Gasteiger partial charge in [0.15, 0.2) is 6.61 Å². The third-order valence-electron chi connectivity index (χ3n) is 5.84. The average molecular weight is 511 g/mol. The topological polar surface area (TPSA) is 111 Å². The number of anilines is 1. The van der Waals surface area contributed by atoms with Crippen molar-refractivity contribution in [1.29, 1.82) is 0 Å². The van der Waals surface area contributed by atoms with Crippen molar-refractivity contribution in [3.8, 4) is 0 Å². The molecule has 1 aromatic heterocycles. The number of benzene rings is 2. The number of esters is 2. The maximum absolute atomic E-state index is 12.8. The molecule has 0 aliphatic carbocycles. The fourth-order valence-electron chi connectivity index (χ4n) is 3.79. The quantitative estimate of drug-likeness (QED) is 0.418. The normalized spacial score (nSPS) is 11.7. The van der Waals surface area contributed by atoms with E-state index in [-0.39, 0.29) is 23.8 Å². The number of hydrogen-bond acceptors (Lipinski definition) is 7. The van der Waals surface area contributed by atoms with Crippen molar-refractivity contribution >= 4 is 50.9 Å². The fourth-order valence-corrected chi connectivity index (χ4v) is 4.86. The molecule has 2 aromatic carbocycles. The molecule has 8 nitrogen and oxygen atoms in total. The molecule has 0 saturated carbocycles. The van der Waals surface area contributed by atoms with E-state index < -0.39 is 30.5 Å². The SMILES string of the molecule is COC(=O)c1c(NC(=O)COC(=O)C(NC(=O)Cc2cccc3ccccc23)C(C)C)sc(C)c1C. The van der Waals surface area contributed by atoms with E-state index in [9.17, 15) is 19.2 Å². The van der Waals surface area contributed by atoms with E-state index in [4.69, 9.17) is 9.47 Å². The van der Waals surface area contributed by atoms with Gasteiger partial charge in [-0.3, -0.25) is 9.59 Å². The molecule has 1 heterocycles. The summed E-state index contributed by atoms with van der Waals surface area (Å²) in [5.41, 5.74) is 1.84. The second kappa shape index (κ2) is 11.8. The standard InChI is InChI=1S/C27H30N2O6S/c1-15(2)24(28-21(30)13-19-11-8-10-18-9-6-7-12-20(18)19)27(33)35-14-22(31)29-25-23(26(32)34-5)16(3)17(4)36-25/h6-12,15,24H,13-14H2,1-5H3,(H,28,30)(H,29,31). The Bertz CT molecular complexity index is 1290. The summed E-state index contributed by atoms with van der Waals surface area (Å²) in [6.07, 6.45) is 0.103. The van der Waals surface area contributed by atoms with Gasteiger partial charge in [0.1, 0.15) is 11.0 Å². The van der Waals surface area contributed by atoms with Crippen LogP contribution in [0.3, 0.4) is 0 Å². The fraction of sp³-hybridized carbons (Fsp3) is 0.333. The number of carbonyl (C=O) groups excluding carboxylic acids is 4. The van der Waals surface area contributed by atoms with Crippen molar-refractivity contribution in [2.45, 2.75) is 40.2 Å². The zero-order chi connectivity index (χ0) is 26.4. The highest BCUT2D eigenvalue weighted by atomic mass is 32.1. The number of ether oxygens (including phenoxy) is 2. The van der Waals surface area contributed by atoms with Gasteiger partial charge >= 0.3 is 11.9 Å².